The fraction of sp³-hybridized carbons (Fsp3) is 0.318. The first-order chi connectivity index (χ1) is 15.9. The number of amides is 1. The SMILES string of the molecule is COc1ccc(-c2nnc(S(=O)(=O)CC(=O)N3CCN(c4ccccc4)CC3)o2)cc1OC. The number of para-hydroxylation sites is 1. The number of ether oxygens (including phenoxy) is 2. The van der Waals surface area contributed by atoms with E-state index in [9.17, 15) is 13.2 Å². The Bertz CT molecular complexity index is 1220. The van der Waals surface area contributed by atoms with Crippen LogP contribution in [0.2, 0.25) is 0 Å². The summed E-state index contributed by atoms with van der Waals surface area (Å²) in [5.41, 5.74) is 1.54. The maximum absolute atomic E-state index is 12.7. The minimum Gasteiger partial charge on any atom is -0.493 e. The highest BCUT2D eigenvalue weighted by Gasteiger charge is 2.30. The molecule has 33 heavy (non-hydrogen) atoms. The summed E-state index contributed by atoms with van der Waals surface area (Å²) < 4.78 is 41.3. The Morgan fingerprint density at radius 1 is 0.970 bits per heavy atom. The first-order valence-electron chi connectivity index (χ1n) is 10.3. The van der Waals surface area contributed by atoms with E-state index in [1.165, 1.54) is 14.2 Å². The molecule has 0 spiro atoms. The zero-order valence-corrected chi connectivity index (χ0v) is 19.1. The Morgan fingerprint density at radius 2 is 1.67 bits per heavy atom. The van der Waals surface area contributed by atoms with E-state index in [1.54, 1.807) is 23.1 Å². The van der Waals surface area contributed by atoms with E-state index >= 15 is 0 Å². The molecule has 11 heteroatoms. The molecular weight excluding hydrogens is 448 g/mol. The zero-order chi connectivity index (χ0) is 23.4. The van der Waals surface area contributed by atoms with Crippen LogP contribution in [0.3, 0.4) is 0 Å². The first kappa shape index (κ1) is 22.6. The van der Waals surface area contributed by atoms with Gasteiger partial charge in [-0.25, -0.2) is 8.42 Å². The van der Waals surface area contributed by atoms with Crippen LogP contribution in [0.5, 0.6) is 11.5 Å². The van der Waals surface area contributed by atoms with Gasteiger partial charge in [0.15, 0.2) is 11.5 Å². The van der Waals surface area contributed by atoms with E-state index in [2.05, 4.69) is 15.1 Å². The molecule has 0 radical (unpaired) electrons. The standard InChI is InChI=1S/C22H24N4O6S/c1-30-18-9-8-16(14-19(18)31-2)21-23-24-22(32-21)33(28,29)15-20(27)26-12-10-25(11-13-26)17-6-4-3-5-7-17/h3-9,14H,10-13,15H2,1-2H3. The average Bonchev–Trinajstić information content (AvgIpc) is 3.35. The molecule has 3 aromatic rings. The van der Waals surface area contributed by atoms with Crippen molar-refractivity contribution in [2.75, 3.05) is 51.1 Å². The molecule has 2 aromatic carbocycles. The molecule has 1 saturated heterocycles. The van der Waals surface area contributed by atoms with Crippen LogP contribution in [-0.2, 0) is 14.6 Å². The lowest BCUT2D eigenvalue weighted by Gasteiger charge is -2.36. The number of sulfone groups is 1. The summed E-state index contributed by atoms with van der Waals surface area (Å²) in [5, 5.41) is 6.89. The highest BCUT2D eigenvalue weighted by molar-refractivity contribution is 7.91. The van der Waals surface area contributed by atoms with Gasteiger partial charge < -0.3 is 23.7 Å². The summed E-state index contributed by atoms with van der Waals surface area (Å²) in [5.74, 6) is -0.285. The molecule has 0 N–H and O–H groups in total. The molecule has 0 bridgehead atoms. The number of aromatic nitrogens is 2. The molecule has 0 unspecified atom stereocenters. The van der Waals surface area contributed by atoms with Gasteiger partial charge in [0.2, 0.25) is 21.6 Å². The van der Waals surface area contributed by atoms with E-state index < -0.39 is 26.7 Å². The van der Waals surface area contributed by atoms with Crippen molar-refractivity contribution < 1.29 is 27.1 Å². The van der Waals surface area contributed by atoms with Crippen molar-refractivity contribution in [1.29, 1.82) is 0 Å². The Kier molecular flexibility index (Phi) is 6.50. The maximum Gasteiger partial charge on any atom is 0.336 e. The van der Waals surface area contributed by atoms with Crippen LogP contribution in [0.4, 0.5) is 5.69 Å². The molecule has 1 fully saturated rings. The lowest BCUT2D eigenvalue weighted by molar-refractivity contribution is -0.128. The summed E-state index contributed by atoms with van der Waals surface area (Å²) in [7, 11) is -1.10. The second-order valence-corrected chi connectivity index (χ2v) is 9.27. The van der Waals surface area contributed by atoms with E-state index in [0.717, 1.165) is 5.69 Å². The smallest absolute Gasteiger partial charge is 0.336 e. The third kappa shape index (κ3) is 4.92. The normalized spacial score (nSPS) is 14.2. The van der Waals surface area contributed by atoms with E-state index in [1.807, 2.05) is 30.3 Å². The fourth-order valence-corrected chi connectivity index (χ4v) is 4.59. The molecule has 4 rings (SSSR count). The summed E-state index contributed by atoms with van der Waals surface area (Å²) >= 11 is 0. The third-order valence-corrected chi connectivity index (χ3v) is 6.69. The lowest BCUT2D eigenvalue weighted by Crippen LogP contribution is -2.50. The van der Waals surface area contributed by atoms with Crippen LogP contribution >= 0.6 is 0 Å². The summed E-state index contributed by atoms with van der Waals surface area (Å²) in [6.45, 7) is 2.12. The molecule has 10 nitrogen and oxygen atoms in total. The van der Waals surface area contributed by atoms with Gasteiger partial charge in [-0.05, 0) is 30.3 Å². The van der Waals surface area contributed by atoms with Gasteiger partial charge in [0, 0.05) is 37.4 Å². The van der Waals surface area contributed by atoms with Crippen LogP contribution in [0.25, 0.3) is 11.5 Å². The van der Waals surface area contributed by atoms with Crippen molar-refractivity contribution >= 4 is 21.4 Å². The third-order valence-electron chi connectivity index (χ3n) is 5.37. The maximum atomic E-state index is 12.7. The Labute approximate surface area is 191 Å². The van der Waals surface area contributed by atoms with Crippen LogP contribution in [-0.4, -0.2) is 75.6 Å². The molecule has 0 atom stereocenters. The van der Waals surface area contributed by atoms with Crippen LogP contribution in [0, 0.1) is 0 Å². The fourth-order valence-electron chi connectivity index (χ4n) is 3.59. The van der Waals surface area contributed by atoms with Crippen LogP contribution in [0.1, 0.15) is 0 Å². The van der Waals surface area contributed by atoms with Crippen molar-refractivity contribution in [3.63, 3.8) is 0 Å². The topological polar surface area (TPSA) is 115 Å². The molecular formula is C22H24N4O6S. The number of anilines is 1. The van der Waals surface area contributed by atoms with Gasteiger partial charge in [-0.2, -0.15) is 0 Å². The molecule has 1 aromatic heterocycles. The highest BCUT2D eigenvalue weighted by atomic mass is 32.2. The van der Waals surface area contributed by atoms with Crippen molar-refractivity contribution in [2.24, 2.45) is 0 Å². The number of benzene rings is 2. The molecule has 1 aliphatic heterocycles. The summed E-state index contributed by atoms with van der Waals surface area (Å²) in [6.07, 6.45) is 0. The molecule has 1 aliphatic rings. The van der Waals surface area contributed by atoms with Crippen molar-refractivity contribution in [1.82, 2.24) is 15.1 Å². The highest BCUT2D eigenvalue weighted by Crippen LogP contribution is 2.32. The number of methoxy groups -OCH3 is 2. The van der Waals surface area contributed by atoms with Crippen molar-refractivity contribution in [3.8, 4) is 23.0 Å². The largest absolute Gasteiger partial charge is 0.493 e. The molecule has 0 saturated carbocycles. The molecule has 1 amide bonds. The Hall–Kier alpha value is -3.60. The van der Waals surface area contributed by atoms with Gasteiger partial charge in [0.05, 0.1) is 14.2 Å². The molecule has 174 valence electrons. The second-order valence-electron chi connectivity index (χ2n) is 7.41. The number of rotatable bonds is 7. The minimum atomic E-state index is -4.09. The number of piperazine rings is 1. The zero-order valence-electron chi connectivity index (χ0n) is 18.3. The predicted molar refractivity (Wildman–Crippen MR) is 120 cm³/mol. The summed E-state index contributed by atoms with van der Waals surface area (Å²) in [6, 6.07) is 14.8. The minimum absolute atomic E-state index is 0.00143. The van der Waals surface area contributed by atoms with Crippen LogP contribution in [0.15, 0.2) is 58.2 Å². The monoisotopic (exact) mass is 472 g/mol. The van der Waals surface area contributed by atoms with Gasteiger partial charge in [-0.15, -0.1) is 5.10 Å². The first-order valence-corrected chi connectivity index (χ1v) is 11.9. The quantitative estimate of drug-likeness (QED) is 0.508. The number of carbonyl (C=O) groups is 1. The van der Waals surface area contributed by atoms with Gasteiger partial charge in [-0.1, -0.05) is 23.3 Å². The Morgan fingerprint density at radius 3 is 2.33 bits per heavy atom. The average molecular weight is 473 g/mol. The Balaban J connectivity index is 1.41. The number of nitrogens with zero attached hydrogens (tertiary/aromatic N) is 4. The summed E-state index contributed by atoms with van der Waals surface area (Å²) in [4.78, 5) is 16.4. The van der Waals surface area contributed by atoms with E-state index in [-0.39, 0.29) is 5.89 Å². The number of hydrogen-bond donors (Lipinski definition) is 0. The number of hydrogen-bond acceptors (Lipinski definition) is 9. The second kappa shape index (κ2) is 9.49. The van der Waals surface area contributed by atoms with Gasteiger partial charge in [0.1, 0.15) is 5.75 Å². The predicted octanol–water partition coefficient (Wildman–Crippen LogP) is 1.88. The molecule has 0 aliphatic carbocycles. The van der Waals surface area contributed by atoms with Crippen molar-refractivity contribution in [2.45, 2.75) is 5.22 Å². The number of carbonyl (C=O) groups excluding carboxylic acids is 1. The lowest BCUT2D eigenvalue weighted by atomic mass is 10.2. The van der Waals surface area contributed by atoms with Gasteiger partial charge in [-0.3, -0.25) is 4.79 Å². The van der Waals surface area contributed by atoms with Gasteiger partial charge in [0.25, 0.3) is 0 Å². The van der Waals surface area contributed by atoms with Crippen LogP contribution < -0.4 is 14.4 Å². The molecule has 2 heterocycles. The van der Waals surface area contributed by atoms with E-state index in [0.29, 0.717) is 43.2 Å². The van der Waals surface area contributed by atoms with E-state index in [4.69, 9.17) is 13.9 Å². The van der Waals surface area contributed by atoms with Gasteiger partial charge >= 0.3 is 5.22 Å². The van der Waals surface area contributed by atoms with Crippen molar-refractivity contribution in [3.05, 3.63) is 48.5 Å².